The molecule has 0 fully saturated rings. The van der Waals surface area contributed by atoms with E-state index in [0.717, 1.165) is 18.3 Å². The van der Waals surface area contributed by atoms with Gasteiger partial charge in [-0.15, -0.1) is 0 Å². The molecule has 0 aliphatic heterocycles. The molecule has 1 amide bonds. The number of rotatable bonds is 13. The Labute approximate surface area is 303 Å². The highest BCUT2D eigenvalue weighted by Crippen LogP contribution is 2.37. The maximum absolute atomic E-state index is 13.1. The van der Waals surface area contributed by atoms with Crippen molar-refractivity contribution in [2.75, 3.05) is 13.2 Å². The summed E-state index contributed by atoms with van der Waals surface area (Å²) in [6.07, 6.45) is 0.690. The highest BCUT2D eigenvalue weighted by Gasteiger charge is 2.24. The van der Waals surface area contributed by atoms with E-state index in [1.165, 1.54) is 6.92 Å². The van der Waals surface area contributed by atoms with Gasteiger partial charge in [0.15, 0.2) is 5.75 Å². The van der Waals surface area contributed by atoms with Crippen LogP contribution in [0.3, 0.4) is 0 Å². The lowest BCUT2D eigenvalue weighted by Crippen LogP contribution is -2.43. The van der Waals surface area contributed by atoms with Gasteiger partial charge in [0.1, 0.15) is 36.5 Å². The second-order valence-corrected chi connectivity index (χ2v) is 13.9. The maximum Gasteiger partial charge on any atom is 0.333 e. The van der Waals surface area contributed by atoms with Crippen LogP contribution in [0.5, 0.6) is 23.0 Å². The van der Waals surface area contributed by atoms with E-state index < -0.39 is 18.0 Å². The Kier molecular flexibility index (Phi) is 14.1. The van der Waals surface area contributed by atoms with Gasteiger partial charge in [-0.1, -0.05) is 18.7 Å². The average molecular weight is 1040 g/mol. The molecule has 0 saturated heterocycles. The van der Waals surface area contributed by atoms with Crippen LogP contribution in [0.25, 0.3) is 0 Å². The molecule has 13 heteroatoms. The van der Waals surface area contributed by atoms with E-state index in [1.807, 2.05) is 57.3 Å². The molecule has 0 aromatic heterocycles. The zero-order chi connectivity index (χ0) is 31.7. The topological polar surface area (TPSA) is 131 Å². The number of aromatic hydroxyl groups is 2. The van der Waals surface area contributed by atoms with Crippen molar-refractivity contribution in [2.45, 2.75) is 32.2 Å². The summed E-state index contributed by atoms with van der Waals surface area (Å²) >= 11 is 8.39. The van der Waals surface area contributed by atoms with Crippen LogP contribution >= 0.6 is 90.4 Å². The molecule has 43 heavy (non-hydrogen) atoms. The van der Waals surface area contributed by atoms with E-state index >= 15 is 0 Å². The normalized spacial score (nSPS) is 11.4. The molecule has 0 unspecified atom stereocenters. The Morgan fingerprint density at radius 2 is 1.44 bits per heavy atom. The summed E-state index contributed by atoms with van der Waals surface area (Å²) in [5.41, 5.74) is 1.87. The first-order valence-electron chi connectivity index (χ1n) is 12.7. The number of hydrogen-bond donors (Lipinski definition) is 3. The van der Waals surface area contributed by atoms with Gasteiger partial charge in [-0.3, -0.25) is 4.79 Å². The smallest absolute Gasteiger partial charge is 0.333 e. The number of amides is 1. The number of carbonyl (C=O) groups excluding carboxylic acids is 3. The number of carbonyl (C=O) groups is 3. The fraction of sp³-hybridized carbons (Fsp3) is 0.233. The van der Waals surface area contributed by atoms with Gasteiger partial charge in [-0.2, -0.15) is 0 Å². The summed E-state index contributed by atoms with van der Waals surface area (Å²) in [5.74, 6) is -0.0575. The fourth-order valence-corrected chi connectivity index (χ4v) is 7.49. The minimum Gasteiger partial charge on any atom is -0.508 e. The highest BCUT2D eigenvalue weighted by molar-refractivity contribution is 14.1. The summed E-state index contributed by atoms with van der Waals surface area (Å²) in [4.78, 5) is 37.5. The second kappa shape index (κ2) is 17.0. The Morgan fingerprint density at radius 1 is 0.860 bits per heavy atom. The standard InChI is InChI=1S/C30H27I4NO8/c1-16(2)29(39)41-9-10-42-30(40)25(35-26(37)8-5-17-3-6-19(36)7-4-17)13-18-11-23(33)28(24(34)12-18)43-20-14-21(31)27(38)22(32)15-20/h3-4,6-7,11-12,14-15,25,36,38H,1,5,8-10,13H2,2H3,(H,35,37)/t25-/m0/s1. The van der Waals surface area contributed by atoms with Gasteiger partial charge in [0.2, 0.25) is 5.91 Å². The minimum absolute atomic E-state index is 0.122. The molecule has 228 valence electrons. The van der Waals surface area contributed by atoms with Crippen LogP contribution in [0.1, 0.15) is 24.5 Å². The summed E-state index contributed by atoms with van der Waals surface area (Å²) in [5, 5.41) is 22.3. The maximum atomic E-state index is 13.1. The van der Waals surface area contributed by atoms with Crippen molar-refractivity contribution in [2.24, 2.45) is 0 Å². The third kappa shape index (κ3) is 11.2. The zero-order valence-electron chi connectivity index (χ0n) is 22.8. The van der Waals surface area contributed by atoms with Gasteiger partial charge in [-0.05, 0) is 151 Å². The number of nitrogens with one attached hydrogen (secondary N) is 1. The Balaban J connectivity index is 1.74. The SMILES string of the molecule is C=C(C)C(=O)OCCOC(=O)[C@H](Cc1cc(I)c(Oc2cc(I)c(O)c(I)c2)c(I)c1)NC(=O)CCc1ccc(O)cc1. The monoisotopic (exact) mass is 1040 g/mol. The van der Waals surface area contributed by atoms with Crippen molar-refractivity contribution >= 4 is 108 Å². The third-order valence-electron chi connectivity index (χ3n) is 5.81. The van der Waals surface area contributed by atoms with Crippen molar-refractivity contribution in [3.05, 3.63) is 86.1 Å². The van der Waals surface area contributed by atoms with Crippen molar-refractivity contribution in [3.8, 4) is 23.0 Å². The molecule has 0 aliphatic rings. The summed E-state index contributed by atoms with van der Waals surface area (Å²) < 4.78 is 19.4. The predicted molar refractivity (Wildman–Crippen MR) is 194 cm³/mol. The van der Waals surface area contributed by atoms with Crippen LogP contribution in [0, 0.1) is 14.3 Å². The van der Waals surface area contributed by atoms with Gasteiger partial charge in [0.25, 0.3) is 0 Å². The van der Waals surface area contributed by atoms with E-state index in [9.17, 15) is 24.6 Å². The van der Waals surface area contributed by atoms with E-state index in [-0.39, 0.29) is 49.0 Å². The van der Waals surface area contributed by atoms with Crippen LogP contribution < -0.4 is 10.1 Å². The number of hydrogen-bond acceptors (Lipinski definition) is 8. The number of halogens is 4. The number of benzene rings is 3. The quantitative estimate of drug-likeness (QED) is 0.0754. The largest absolute Gasteiger partial charge is 0.508 e. The van der Waals surface area contributed by atoms with Crippen molar-refractivity contribution in [1.29, 1.82) is 0 Å². The van der Waals surface area contributed by atoms with Crippen molar-refractivity contribution in [1.82, 2.24) is 5.32 Å². The first-order chi connectivity index (χ1) is 20.3. The van der Waals surface area contributed by atoms with E-state index in [0.29, 0.717) is 25.1 Å². The summed E-state index contributed by atoms with van der Waals surface area (Å²) in [7, 11) is 0. The van der Waals surface area contributed by atoms with E-state index in [2.05, 4.69) is 57.1 Å². The molecule has 1 atom stereocenters. The van der Waals surface area contributed by atoms with Gasteiger partial charge in [0, 0.05) is 18.4 Å². The molecular formula is C30H27I4NO8. The number of aryl methyl sites for hydroxylation is 1. The lowest BCUT2D eigenvalue weighted by atomic mass is 10.0. The number of phenols is 2. The summed E-state index contributed by atoms with van der Waals surface area (Å²) in [6.45, 7) is 4.71. The molecule has 0 aliphatic carbocycles. The Bertz CT molecular complexity index is 1460. The minimum atomic E-state index is -0.997. The fourth-order valence-electron chi connectivity index (χ4n) is 3.66. The van der Waals surface area contributed by atoms with Crippen molar-refractivity contribution < 1.29 is 38.8 Å². The van der Waals surface area contributed by atoms with Crippen LogP contribution in [-0.2, 0) is 36.7 Å². The molecule has 3 rings (SSSR count). The van der Waals surface area contributed by atoms with Gasteiger partial charge in [0.05, 0.1) is 14.3 Å². The van der Waals surface area contributed by atoms with E-state index in [4.69, 9.17) is 14.2 Å². The Morgan fingerprint density at radius 3 is 2.02 bits per heavy atom. The third-order valence-corrected chi connectivity index (χ3v) is 9.06. The number of esters is 2. The average Bonchev–Trinajstić information content (AvgIpc) is 2.95. The van der Waals surface area contributed by atoms with Gasteiger partial charge < -0.3 is 29.7 Å². The molecule has 0 heterocycles. The van der Waals surface area contributed by atoms with Crippen LogP contribution in [0.15, 0.2) is 60.7 Å². The molecule has 0 spiro atoms. The van der Waals surface area contributed by atoms with Crippen molar-refractivity contribution in [3.63, 3.8) is 0 Å². The van der Waals surface area contributed by atoms with E-state index in [1.54, 1.807) is 36.4 Å². The Hall–Kier alpha value is -1.87. The molecule has 3 N–H and O–H groups in total. The van der Waals surface area contributed by atoms with Crippen LogP contribution in [0.2, 0.25) is 0 Å². The molecule has 9 nitrogen and oxygen atoms in total. The molecule has 0 radical (unpaired) electrons. The van der Waals surface area contributed by atoms with Crippen LogP contribution in [0.4, 0.5) is 0 Å². The summed E-state index contributed by atoms with van der Waals surface area (Å²) in [6, 6.07) is 12.8. The first-order valence-corrected chi connectivity index (χ1v) is 17.1. The second-order valence-electron chi connectivity index (χ2n) is 9.30. The highest BCUT2D eigenvalue weighted by atomic mass is 127. The molecule has 3 aromatic rings. The molecule has 0 bridgehead atoms. The number of ether oxygens (including phenoxy) is 3. The molecule has 3 aromatic carbocycles. The molecule has 0 saturated carbocycles. The lowest BCUT2D eigenvalue weighted by Gasteiger charge is -2.19. The number of phenolic OH excluding ortho intramolecular Hbond substituents is 2. The van der Waals surface area contributed by atoms with Gasteiger partial charge >= 0.3 is 11.9 Å². The zero-order valence-corrected chi connectivity index (χ0v) is 31.4. The predicted octanol–water partition coefficient (Wildman–Crippen LogP) is 6.63. The van der Waals surface area contributed by atoms with Crippen LogP contribution in [-0.4, -0.2) is 47.3 Å². The first kappa shape index (κ1) is 35.6. The molecular weight excluding hydrogens is 1010 g/mol. The van der Waals surface area contributed by atoms with Gasteiger partial charge in [-0.25, -0.2) is 9.59 Å². The lowest BCUT2D eigenvalue weighted by molar-refractivity contribution is -0.152.